The van der Waals surface area contributed by atoms with E-state index in [2.05, 4.69) is 0 Å². The molecule has 0 saturated heterocycles. The maximum Gasteiger partial charge on any atom is 0.339 e. The Morgan fingerprint density at radius 1 is 1.59 bits per heavy atom. The zero-order valence-electron chi connectivity index (χ0n) is 10.5. The van der Waals surface area contributed by atoms with Crippen molar-refractivity contribution in [3.05, 3.63) is 27.7 Å². The molecule has 92 valence electrons. The summed E-state index contributed by atoms with van der Waals surface area (Å²) in [5.41, 5.74) is 3.04. The topological polar surface area (TPSA) is 57.3 Å². The van der Waals surface area contributed by atoms with Gasteiger partial charge in [-0.1, -0.05) is 0 Å². The first kappa shape index (κ1) is 11.7. The van der Waals surface area contributed by atoms with Crippen LogP contribution in [0.4, 0.5) is 0 Å². The number of nitrogens with zero attached hydrogens (tertiary/aromatic N) is 2. The first-order chi connectivity index (χ1) is 7.97. The number of carbonyl (C=O) groups is 1. The predicted octanol–water partition coefficient (Wildman–Crippen LogP) is 1.22. The second kappa shape index (κ2) is 3.91. The summed E-state index contributed by atoms with van der Waals surface area (Å²) in [5.74, 6) is -0.347. The largest absolute Gasteiger partial charge is 0.624 e. The van der Waals surface area contributed by atoms with Crippen LogP contribution in [0.15, 0.2) is 0 Å². The number of carbonyl (C=O) groups excluding carboxylic acids is 1. The lowest BCUT2D eigenvalue weighted by molar-refractivity contribution is -0.497. The fourth-order valence-corrected chi connectivity index (χ4v) is 2.31. The highest BCUT2D eigenvalue weighted by Crippen LogP contribution is 2.24. The third-order valence-corrected chi connectivity index (χ3v) is 3.34. The van der Waals surface area contributed by atoms with Gasteiger partial charge in [-0.3, -0.25) is 0 Å². The molecule has 1 atom stereocenters. The van der Waals surface area contributed by atoms with Gasteiger partial charge in [0.2, 0.25) is 0 Å². The molecular weight excluding hydrogens is 220 g/mol. The summed E-state index contributed by atoms with van der Waals surface area (Å²) >= 11 is 0. The highest BCUT2D eigenvalue weighted by Gasteiger charge is 2.28. The van der Waals surface area contributed by atoms with E-state index in [0.717, 1.165) is 21.7 Å². The number of hydroxylamine groups is 1. The first-order valence-corrected chi connectivity index (χ1v) is 5.55. The van der Waals surface area contributed by atoms with Crippen molar-refractivity contribution in [1.29, 1.82) is 0 Å². The Hall–Kier alpha value is -1.78. The Labute approximate surface area is 99.9 Å². The molecule has 1 aliphatic heterocycles. The second-order valence-electron chi connectivity index (χ2n) is 4.41. The lowest BCUT2D eigenvalue weighted by Gasteiger charge is -2.20. The third kappa shape index (κ3) is 1.62. The van der Waals surface area contributed by atoms with Crippen molar-refractivity contribution in [1.82, 2.24) is 4.57 Å². The maximum absolute atomic E-state index is 11.7. The van der Waals surface area contributed by atoms with Crippen LogP contribution in [-0.4, -0.2) is 34.6 Å². The lowest BCUT2D eigenvalue weighted by atomic mass is 10.1. The van der Waals surface area contributed by atoms with E-state index in [1.54, 1.807) is 6.21 Å². The Morgan fingerprint density at radius 2 is 2.24 bits per heavy atom. The number of ether oxygens (including phenoxy) is 1. The van der Waals surface area contributed by atoms with Crippen LogP contribution < -0.4 is 0 Å². The van der Waals surface area contributed by atoms with E-state index in [-0.39, 0.29) is 12.0 Å². The van der Waals surface area contributed by atoms with Crippen molar-refractivity contribution < 1.29 is 14.3 Å². The van der Waals surface area contributed by atoms with Crippen molar-refractivity contribution in [2.45, 2.75) is 33.4 Å². The van der Waals surface area contributed by atoms with Crippen LogP contribution in [-0.2, 0) is 11.3 Å². The van der Waals surface area contributed by atoms with Crippen LogP contribution in [0, 0.1) is 19.1 Å². The van der Waals surface area contributed by atoms with Crippen LogP contribution in [0.1, 0.15) is 34.2 Å². The summed E-state index contributed by atoms with van der Waals surface area (Å²) in [6.07, 6.45) is 1.54. The molecule has 0 fully saturated rings. The molecule has 0 saturated carbocycles. The van der Waals surface area contributed by atoms with E-state index in [1.807, 2.05) is 25.3 Å². The molecule has 0 radical (unpaired) electrons. The second-order valence-corrected chi connectivity index (χ2v) is 4.41. The predicted molar refractivity (Wildman–Crippen MR) is 63.5 cm³/mol. The minimum atomic E-state index is -0.347. The molecule has 1 aliphatic rings. The molecule has 2 heterocycles. The number of hydrogen-bond acceptors (Lipinski definition) is 3. The molecule has 5 nitrogen and oxygen atoms in total. The van der Waals surface area contributed by atoms with Crippen molar-refractivity contribution in [3.8, 4) is 0 Å². The van der Waals surface area contributed by atoms with Gasteiger partial charge in [0.1, 0.15) is 5.69 Å². The van der Waals surface area contributed by atoms with E-state index < -0.39 is 0 Å². The van der Waals surface area contributed by atoms with Gasteiger partial charge in [0.15, 0.2) is 12.3 Å². The van der Waals surface area contributed by atoms with Gasteiger partial charge in [-0.15, -0.1) is 0 Å². The molecule has 0 aliphatic carbocycles. The molecule has 1 aromatic heterocycles. The van der Waals surface area contributed by atoms with Crippen molar-refractivity contribution >= 4 is 12.2 Å². The monoisotopic (exact) mass is 236 g/mol. The van der Waals surface area contributed by atoms with Gasteiger partial charge in [-0.2, -0.15) is 0 Å². The van der Waals surface area contributed by atoms with Crippen LogP contribution in [0.25, 0.3) is 0 Å². The fourth-order valence-electron chi connectivity index (χ4n) is 2.31. The molecule has 0 aromatic carbocycles. The van der Waals surface area contributed by atoms with Crippen LogP contribution >= 0.6 is 0 Å². The molecule has 1 aromatic rings. The average molecular weight is 236 g/mol. The van der Waals surface area contributed by atoms with E-state index in [4.69, 9.17) is 4.74 Å². The van der Waals surface area contributed by atoms with Crippen molar-refractivity contribution in [2.24, 2.45) is 0 Å². The summed E-state index contributed by atoms with van der Waals surface area (Å²) < 4.78 is 7.71. The quantitative estimate of drug-likeness (QED) is 0.418. The number of methoxy groups -OCH3 is 1. The van der Waals surface area contributed by atoms with Gasteiger partial charge in [-0.05, 0) is 19.4 Å². The lowest BCUT2D eigenvalue weighted by Crippen LogP contribution is -2.31. The van der Waals surface area contributed by atoms with E-state index >= 15 is 0 Å². The number of hydrogen-bond donors (Lipinski definition) is 0. The van der Waals surface area contributed by atoms with E-state index in [9.17, 15) is 10.0 Å². The molecular formula is C12H16N2O3. The molecule has 0 bridgehead atoms. The number of rotatable bonds is 1. The smallest absolute Gasteiger partial charge is 0.339 e. The van der Waals surface area contributed by atoms with Crippen molar-refractivity contribution in [3.63, 3.8) is 0 Å². The maximum atomic E-state index is 11.7. The summed E-state index contributed by atoms with van der Waals surface area (Å²) in [6.45, 7) is 6.17. The minimum absolute atomic E-state index is 0.113. The van der Waals surface area contributed by atoms with Crippen LogP contribution in [0.5, 0.6) is 0 Å². The molecule has 0 spiro atoms. The molecule has 0 amide bonds. The Balaban J connectivity index is 2.63. The summed E-state index contributed by atoms with van der Waals surface area (Å²) in [6, 6.07) is -0.113. The standard InChI is InChI=1S/C12H16N2O3/c1-7-5-13-9(3)11(12(15)17-4)8(2)10(13)6-14(7)16/h6-7H,5H2,1-4H3. The Kier molecular flexibility index (Phi) is 2.69. The molecule has 5 heteroatoms. The zero-order valence-corrected chi connectivity index (χ0v) is 10.5. The van der Waals surface area contributed by atoms with Crippen LogP contribution in [0.2, 0.25) is 0 Å². The normalized spacial score (nSPS) is 18.6. The van der Waals surface area contributed by atoms with Gasteiger partial charge < -0.3 is 14.5 Å². The average Bonchev–Trinajstić information content (AvgIpc) is 2.52. The number of esters is 1. The highest BCUT2D eigenvalue weighted by atomic mass is 16.5. The van der Waals surface area contributed by atoms with E-state index in [1.165, 1.54) is 7.11 Å². The molecule has 2 rings (SSSR count). The number of aromatic nitrogens is 1. The zero-order chi connectivity index (χ0) is 12.7. The van der Waals surface area contributed by atoms with E-state index in [0.29, 0.717) is 12.1 Å². The van der Waals surface area contributed by atoms with Gasteiger partial charge in [0, 0.05) is 12.6 Å². The van der Waals surface area contributed by atoms with Gasteiger partial charge in [-0.25, -0.2) is 9.53 Å². The molecule has 0 N–H and O–H groups in total. The summed E-state index contributed by atoms with van der Waals surface area (Å²) in [5, 5.41) is 11.6. The summed E-state index contributed by atoms with van der Waals surface area (Å²) in [7, 11) is 1.37. The van der Waals surface area contributed by atoms with Crippen LogP contribution in [0.3, 0.4) is 0 Å². The Morgan fingerprint density at radius 3 is 2.82 bits per heavy atom. The number of fused-ring (bicyclic) bond motifs is 1. The van der Waals surface area contributed by atoms with Crippen molar-refractivity contribution in [2.75, 3.05) is 7.11 Å². The van der Waals surface area contributed by atoms with Gasteiger partial charge in [0.05, 0.1) is 19.2 Å². The Bertz CT molecular complexity index is 514. The molecule has 17 heavy (non-hydrogen) atoms. The summed E-state index contributed by atoms with van der Waals surface area (Å²) in [4.78, 5) is 11.7. The highest BCUT2D eigenvalue weighted by molar-refractivity contribution is 5.95. The van der Waals surface area contributed by atoms with Gasteiger partial charge in [0.25, 0.3) is 0 Å². The minimum Gasteiger partial charge on any atom is -0.624 e. The fraction of sp³-hybridized carbons (Fsp3) is 0.500. The third-order valence-electron chi connectivity index (χ3n) is 3.34. The molecule has 1 unspecified atom stereocenters. The SMILES string of the molecule is COC(=O)c1c(C)c2n(c1C)CC(C)[N+]([O-])=C2. The van der Waals surface area contributed by atoms with Gasteiger partial charge >= 0.3 is 5.97 Å². The first-order valence-electron chi connectivity index (χ1n) is 5.55.